The molecule has 120 valence electrons. The van der Waals surface area contributed by atoms with Crippen molar-refractivity contribution in [1.29, 1.82) is 0 Å². The van der Waals surface area contributed by atoms with Crippen LogP contribution in [0.1, 0.15) is 12.0 Å². The third-order valence-electron chi connectivity index (χ3n) is 3.44. The monoisotopic (exact) mass is 313 g/mol. The summed E-state index contributed by atoms with van der Waals surface area (Å²) >= 11 is 0. The van der Waals surface area contributed by atoms with Crippen molar-refractivity contribution in [2.45, 2.75) is 19.0 Å². The molecule has 8 heteroatoms. The van der Waals surface area contributed by atoms with E-state index in [0.717, 1.165) is 12.1 Å². The topological polar surface area (TPSA) is 81.7 Å². The van der Waals surface area contributed by atoms with Crippen molar-refractivity contribution in [2.24, 2.45) is 0 Å². The van der Waals surface area contributed by atoms with Gasteiger partial charge in [0.1, 0.15) is 17.7 Å². The number of piperazine rings is 1. The number of rotatable bonds is 4. The summed E-state index contributed by atoms with van der Waals surface area (Å²) in [6.07, 6.45) is 0.129. The molecule has 1 saturated heterocycles. The van der Waals surface area contributed by atoms with Crippen LogP contribution in [0.5, 0.6) is 0 Å². The van der Waals surface area contributed by atoms with Gasteiger partial charge in [0, 0.05) is 37.9 Å². The van der Waals surface area contributed by atoms with Crippen molar-refractivity contribution in [3.8, 4) is 0 Å². The summed E-state index contributed by atoms with van der Waals surface area (Å²) in [5.74, 6) is -1.77. The molecular weight excluding hydrogens is 296 g/mol. The fraction of sp³-hybridized carbons (Fsp3) is 0.429. The van der Waals surface area contributed by atoms with Gasteiger partial charge in [-0.1, -0.05) is 6.07 Å². The number of benzene rings is 1. The maximum atomic E-state index is 13.5. The quantitative estimate of drug-likeness (QED) is 0.750. The van der Waals surface area contributed by atoms with E-state index in [4.69, 9.17) is 5.11 Å². The summed E-state index contributed by atoms with van der Waals surface area (Å²) < 4.78 is 26.3. The van der Waals surface area contributed by atoms with Gasteiger partial charge in [-0.15, -0.1) is 0 Å². The Morgan fingerprint density at radius 2 is 2.23 bits per heavy atom. The van der Waals surface area contributed by atoms with E-state index in [9.17, 15) is 18.4 Å². The van der Waals surface area contributed by atoms with E-state index >= 15 is 0 Å². The molecular formula is C14H17F2N3O3. The van der Waals surface area contributed by atoms with Crippen molar-refractivity contribution >= 4 is 11.9 Å². The van der Waals surface area contributed by atoms with Gasteiger partial charge in [-0.05, 0) is 12.5 Å². The summed E-state index contributed by atoms with van der Waals surface area (Å²) in [4.78, 5) is 25.2. The van der Waals surface area contributed by atoms with E-state index in [1.165, 1.54) is 11.0 Å². The van der Waals surface area contributed by atoms with Crippen LogP contribution in [0.15, 0.2) is 18.2 Å². The van der Waals surface area contributed by atoms with Crippen LogP contribution in [0.4, 0.5) is 13.6 Å². The number of amides is 3. The molecule has 1 unspecified atom stereocenters. The van der Waals surface area contributed by atoms with Crippen LogP contribution >= 0.6 is 0 Å². The Balaban J connectivity index is 1.99. The summed E-state index contributed by atoms with van der Waals surface area (Å²) in [7, 11) is 0. The van der Waals surface area contributed by atoms with E-state index in [1.54, 1.807) is 0 Å². The van der Waals surface area contributed by atoms with Crippen LogP contribution < -0.4 is 10.6 Å². The molecule has 1 aromatic carbocycles. The summed E-state index contributed by atoms with van der Waals surface area (Å²) in [6.45, 7) is 0.274. The molecule has 0 radical (unpaired) electrons. The largest absolute Gasteiger partial charge is 0.396 e. The van der Waals surface area contributed by atoms with Gasteiger partial charge in [-0.25, -0.2) is 13.6 Å². The molecule has 0 spiro atoms. The standard InChI is InChI=1S/C14H17F2N3O3/c15-10-2-1-9(11(16)7-10)8-18-14(22)19-5-4-17-13(21)12(19)3-6-20/h1-2,7,12,20H,3-6,8H2,(H,17,21)(H,18,22). The summed E-state index contributed by atoms with van der Waals surface area (Å²) in [5.41, 5.74) is 0.148. The lowest BCUT2D eigenvalue weighted by Gasteiger charge is -2.34. The first-order valence-electron chi connectivity index (χ1n) is 6.90. The van der Waals surface area contributed by atoms with Gasteiger partial charge < -0.3 is 20.6 Å². The molecule has 3 N–H and O–H groups in total. The minimum atomic E-state index is -0.753. The first-order valence-corrected chi connectivity index (χ1v) is 6.90. The van der Waals surface area contributed by atoms with Crippen molar-refractivity contribution in [3.05, 3.63) is 35.4 Å². The molecule has 22 heavy (non-hydrogen) atoms. The highest BCUT2D eigenvalue weighted by Gasteiger charge is 2.32. The van der Waals surface area contributed by atoms with Gasteiger partial charge >= 0.3 is 6.03 Å². The molecule has 1 heterocycles. The van der Waals surface area contributed by atoms with Crippen LogP contribution in [0.25, 0.3) is 0 Å². The van der Waals surface area contributed by atoms with Gasteiger partial charge in [-0.3, -0.25) is 4.79 Å². The molecule has 0 aromatic heterocycles. The van der Waals surface area contributed by atoms with Gasteiger partial charge in [0.05, 0.1) is 0 Å². The van der Waals surface area contributed by atoms with E-state index in [1.807, 2.05) is 0 Å². The SMILES string of the molecule is O=C1NCCN(C(=O)NCc2ccc(F)cc2F)C1CCO. The Labute approximate surface area is 126 Å². The Morgan fingerprint density at radius 1 is 1.45 bits per heavy atom. The van der Waals surface area contributed by atoms with Gasteiger partial charge in [0.2, 0.25) is 5.91 Å². The molecule has 3 amide bonds. The lowest BCUT2D eigenvalue weighted by molar-refractivity contribution is -0.128. The van der Waals surface area contributed by atoms with E-state index < -0.39 is 23.7 Å². The first kappa shape index (κ1) is 16.2. The normalized spacial score (nSPS) is 18.0. The highest BCUT2D eigenvalue weighted by Crippen LogP contribution is 2.11. The molecule has 0 bridgehead atoms. The third kappa shape index (κ3) is 3.70. The molecule has 1 aliphatic heterocycles. The Morgan fingerprint density at radius 3 is 2.91 bits per heavy atom. The zero-order valence-electron chi connectivity index (χ0n) is 11.8. The average molecular weight is 313 g/mol. The van der Waals surface area contributed by atoms with Gasteiger partial charge in [0.25, 0.3) is 0 Å². The lowest BCUT2D eigenvalue weighted by atomic mass is 10.1. The second-order valence-electron chi connectivity index (χ2n) is 4.91. The number of halogens is 2. The summed E-state index contributed by atoms with van der Waals surface area (Å²) in [5, 5.41) is 14.1. The molecule has 1 fully saturated rings. The fourth-order valence-electron chi connectivity index (χ4n) is 2.30. The molecule has 6 nitrogen and oxygen atoms in total. The van der Waals surface area contributed by atoms with Crippen LogP contribution in [-0.2, 0) is 11.3 Å². The number of nitrogens with one attached hydrogen (secondary N) is 2. The number of aliphatic hydroxyl groups excluding tert-OH is 1. The Hall–Kier alpha value is -2.22. The minimum absolute atomic E-state index is 0.116. The van der Waals surface area contributed by atoms with Gasteiger partial charge in [-0.2, -0.15) is 0 Å². The predicted octanol–water partition coefficient (Wildman–Crippen LogP) is 0.357. The first-order chi connectivity index (χ1) is 10.5. The fourth-order valence-corrected chi connectivity index (χ4v) is 2.30. The van der Waals surface area contributed by atoms with E-state index in [0.29, 0.717) is 13.1 Å². The Kier molecular flexibility index (Phi) is 5.26. The number of urea groups is 1. The number of hydrogen-bond donors (Lipinski definition) is 3. The smallest absolute Gasteiger partial charge is 0.318 e. The highest BCUT2D eigenvalue weighted by atomic mass is 19.1. The molecule has 0 aliphatic carbocycles. The number of nitrogens with zero attached hydrogens (tertiary/aromatic N) is 1. The Bertz CT molecular complexity index is 568. The van der Waals surface area contributed by atoms with Crippen LogP contribution in [0.3, 0.4) is 0 Å². The van der Waals surface area contributed by atoms with Crippen molar-refractivity contribution in [2.75, 3.05) is 19.7 Å². The second kappa shape index (κ2) is 7.17. The molecule has 1 aliphatic rings. The molecule has 2 rings (SSSR count). The number of aliphatic hydroxyl groups is 1. The van der Waals surface area contributed by atoms with Crippen LogP contribution in [0.2, 0.25) is 0 Å². The van der Waals surface area contributed by atoms with Gasteiger partial charge in [0.15, 0.2) is 0 Å². The predicted molar refractivity (Wildman–Crippen MR) is 73.8 cm³/mol. The summed E-state index contributed by atoms with van der Waals surface area (Å²) in [6, 6.07) is 1.81. The van der Waals surface area contributed by atoms with Crippen LogP contribution in [0, 0.1) is 11.6 Å². The molecule has 1 aromatic rings. The zero-order valence-corrected chi connectivity index (χ0v) is 11.8. The minimum Gasteiger partial charge on any atom is -0.396 e. The van der Waals surface area contributed by atoms with E-state index in [-0.39, 0.29) is 31.0 Å². The third-order valence-corrected chi connectivity index (χ3v) is 3.44. The molecule has 0 saturated carbocycles. The lowest BCUT2D eigenvalue weighted by Crippen LogP contribution is -2.59. The number of hydrogen-bond acceptors (Lipinski definition) is 3. The van der Waals surface area contributed by atoms with Crippen molar-refractivity contribution < 1.29 is 23.5 Å². The highest BCUT2D eigenvalue weighted by molar-refractivity contribution is 5.88. The molecule has 1 atom stereocenters. The average Bonchev–Trinajstić information content (AvgIpc) is 2.48. The van der Waals surface area contributed by atoms with E-state index in [2.05, 4.69) is 10.6 Å². The zero-order chi connectivity index (χ0) is 16.1. The maximum Gasteiger partial charge on any atom is 0.318 e. The van der Waals surface area contributed by atoms with Crippen LogP contribution in [-0.4, -0.2) is 47.7 Å². The van der Waals surface area contributed by atoms with Crippen molar-refractivity contribution in [3.63, 3.8) is 0 Å². The maximum absolute atomic E-state index is 13.5. The van der Waals surface area contributed by atoms with Crippen molar-refractivity contribution in [1.82, 2.24) is 15.5 Å². The number of carbonyl (C=O) groups excluding carboxylic acids is 2. The number of carbonyl (C=O) groups is 2. The second-order valence-corrected chi connectivity index (χ2v) is 4.91.